The van der Waals surface area contributed by atoms with E-state index in [0.717, 1.165) is 30.0 Å². The molecule has 0 heterocycles. The fourth-order valence-electron chi connectivity index (χ4n) is 2.05. The van der Waals surface area contributed by atoms with Crippen molar-refractivity contribution in [2.24, 2.45) is 5.92 Å². The molecule has 0 aliphatic rings. The standard InChI is InChI=1S/C16H27NO3S/c1-13(2)11-17-12-15-8-5-7-14(3)16(15)20-9-6-10-21(4,18)19/h5,7-8,13,17H,6,9-12H2,1-4H3. The van der Waals surface area contributed by atoms with Crippen LogP contribution in [-0.4, -0.2) is 33.6 Å². The summed E-state index contributed by atoms with van der Waals surface area (Å²) in [5.41, 5.74) is 2.20. The highest BCUT2D eigenvalue weighted by Gasteiger charge is 2.08. The molecule has 0 bridgehead atoms. The molecular weight excluding hydrogens is 286 g/mol. The van der Waals surface area contributed by atoms with Crippen molar-refractivity contribution in [2.45, 2.75) is 33.7 Å². The lowest BCUT2D eigenvalue weighted by Gasteiger charge is -2.15. The van der Waals surface area contributed by atoms with Gasteiger partial charge in [0.15, 0.2) is 0 Å². The molecule has 1 N–H and O–H groups in total. The Morgan fingerprint density at radius 1 is 1.29 bits per heavy atom. The zero-order valence-corrected chi connectivity index (χ0v) is 14.3. The fourth-order valence-corrected chi connectivity index (χ4v) is 2.69. The predicted octanol–water partition coefficient (Wildman–Crippen LogP) is 2.55. The molecule has 1 rings (SSSR count). The maximum Gasteiger partial charge on any atom is 0.147 e. The van der Waals surface area contributed by atoms with Gasteiger partial charge in [-0.3, -0.25) is 0 Å². The number of aryl methyl sites for hydroxylation is 1. The number of para-hydroxylation sites is 1. The zero-order chi connectivity index (χ0) is 15.9. The van der Waals surface area contributed by atoms with E-state index in [9.17, 15) is 8.42 Å². The molecule has 0 aromatic heterocycles. The molecular formula is C16H27NO3S. The first-order valence-electron chi connectivity index (χ1n) is 7.39. The molecule has 0 radical (unpaired) electrons. The Bertz CT molecular complexity index is 538. The van der Waals surface area contributed by atoms with Gasteiger partial charge in [-0.05, 0) is 31.4 Å². The Balaban J connectivity index is 2.58. The fraction of sp³-hybridized carbons (Fsp3) is 0.625. The van der Waals surface area contributed by atoms with Gasteiger partial charge in [-0.2, -0.15) is 0 Å². The molecule has 1 aromatic rings. The quantitative estimate of drug-likeness (QED) is 0.712. The minimum Gasteiger partial charge on any atom is -0.493 e. The summed E-state index contributed by atoms with van der Waals surface area (Å²) in [6, 6.07) is 6.08. The summed E-state index contributed by atoms with van der Waals surface area (Å²) in [7, 11) is -2.91. The van der Waals surface area contributed by atoms with Crippen molar-refractivity contribution in [1.82, 2.24) is 5.32 Å². The molecule has 0 saturated carbocycles. The Morgan fingerprint density at radius 3 is 2.62 bits per heavy atom. The lowest BCUT2D eigenvalue weighted by molar-refractivity contribution is 0.311. The van der Waals surface area contributed by atoms with Crippen LogP contribution in [-0.2, 0) is 16.4 Å². The third-order valence-electron chi connectivity index (χ3n) is 3.07. The van der Waals surface area contributed by atoms with Crippen LogP contribution in [0.25, 0.3) is 0 Å². The van der Waals surface area contributed by atoms with Gasteiger partial charge in [0.05, 0.1) is 12.4 Å². The van der Waals surface area contributed by atoms with E-state index in [2.05, 4.69) is 19.2 Å². The van der Waals surface area contributed by atoms with Crippen molar-refractivity contribution >= 4 is 9.84 Å². The second-order valence-electron chi connectivity index (χ2n) is 5.92. The molecule has 0 fully saturated rings. The van der Waals surface area contributed by atoms with E-state index < -0.39 is 9.84 Å². The van der Waals surface area contributed by atoms with Crippen LogP contribution in [0.5, 0.6) is 5.75 Å². The van der Waals surface area contributed by atoms with Gasteiger partial charge in [0.2, 0.25) is 0 Å². The van der Waals surface area contributed by atoms with Gasteiger partial charge < -0.3 is 10.1 Å². The van der Waals surface area contributed by atoms with Crippen molar-refractivity contribution in [3.8, 4) is 5.75 Å². The van der Waals surface area contributed by atoms with Crippen molar-refractivity contribution in [3.05, 3.63) is 29.3 Å². The second-order valence-corrected chi connectivity index (χ2v) is 8.18. The van der Waals surface area contributed by atoms with E-state index in [1.807, 2.05) is 25.1 Å². The first-order valence-corrected chi connectivity index (χ1v) is 9.45. The molecule has 0 aliphatic heterocycles. The lowest BCUT2D eigenvalue weighted by atomic mass is 10.1. The molecule has 0 spiro atoms. The van der Waals surface area contributed by atoms with Crippen molar-refractivity contribution in [1.29, 1.82) is 0 Å². The van der Waals surface area contributed by atoms with E-state index in [1.165, 1.54) is 6.26 Å². The predicted molar refractivity (Wildman–Crippen MR) is 87.5 cm³/mol. The number of ether oxygens (including phenoxy) is 1. The molecule has 0 amide bonds. The van der Waals surface area contributed by atoms with Crippen LogP contribution in [0.3, 0.4) is 0 Å². The van der Waals surface area contributed by atoms with E-state index >= 15 is 0 Å². The molecule has 1 aromatic carbocycles. The third-order valence-corrected chi connectivity index (χ3v) is 4.10. The summed E-state index contributed by atoms with van der Waals surface area (Å²) in [5.74, 6) is 1.65. The number of sulfone groups is 1. The van der Waals surface area contributed by atoms with Gasteiger partial charge >= 0.3 is 0 Å². The van der Waals surface area contributed by atoms with Crippen LogP contribution in [0, 0.1) is 12.8 Å². The van der Waals surface area contributed by atoms with E-state index in [4.69, 9.17) is 4.74 Å². The van der Waals surface area contributed by atoms with Gasteiger partial charge in [0, 0.05) is 18.4 Å². The highest BCUT2D eigenvalue weighted by molar-refractivity contribution is 7.90. The molecule has 0 saturated heterocycles. The van der Waals surface area contributed by atoms with Crippen LogP contribution < -0.4 is 10.1 Å². The molecule has 0 aliphatic carbocycles. The van der Waals surface area contributed by atoms with E-state index in [1.54, 1.807) is 0 Å². The zero-order valence-electron chi connectivity index (χ0n) is 13.5. The highest BCUT2D eigenvalue weighted by Crippen LogP contribution is 2.23. The second kappa shape index (κ2) is 8.39. The van der Waals surface area contributed by atoms with Crippen molar-refractivity contribution < 1.29 is 13.2 Å². The van der Waals surface area contributed by atoms with Gasteiger partial charge in [-0.25, -0.2) is 8.42 Å². The van der Waals surface area contributed by atoms with Crippen LogP contribution in [0.2, 0.25) is 0 Å². The van der Waals surface area contributed by atoms with E-state index in [-0.39, 0.29) is 5.75 Å². The van der Waals surface area contributed by atoms with Gasteiger partial charge in [0.25, 0.3) is 0 Å². The summed E-state index contributed by atoms with van der Waals surface area (Å²) in [5, 5.41) is 3.41. The normalized spacial score (nSPS) is 11.9. The maximum atomic E-state index is 11.1. The highest BCUT2D eigenvalue weighted by atomic mass is 32.2. The minimum atomic E-state index is -2.91. The SMILES string of the molecule is Cc1cccc(CNCC(C)C)c1OCCCS(C)(=O)=O. The average molecular weight is 313 g/mol. The summed E-state index contributed by atoms with van der Waals surface area (Å²) in [6.45, 7) is 8.51. The molecule has 0 atom stereocenters. The number of rotatable bonds is 9. The molecule has 5 heteroatoms. The summed E-state index contributed by atoms with van der Waals surface area (Å²) < 4.78 is 28.0. The topological polar surface area (TPSA) is 55.4 Å². The summed E-state index contributed by atoms with van der Waals surface area (Å²) in [4.78, 5) is 0. The molecule has 0 unspecified atom stereocenters. The van der Waals surface area contributed by atoms with Gasteiger partial charge in [-0.15, -0.1) is 0 Å². The molecule has 21 heavy (non-hydrogen) atoms. The van der Waals surface area contributed by atoms with Crippen LogP contribution >= 0.6 is 0 Å². The Morgan fingerprint density at radius 2 is 2.00 bits per heavy atom. The number of benzene rings is 1. The Kier molecular flexibility index (Phi) is 7.18. The van der Waals surface area contributed by atoms with Crippen LogP contribution in [0.4, 0.5) is 0 Å². The number of hydrogen-bond donors (Lipinski definition) is 1. The van der Waals surface area contributed by atoms with Gasteiger partial charge in [0.1, 0.15) is 15.6 Å². The number of hydrogen-bond acceptors (Lipinski definition) is 4. The average Bonchev–Trinajstić information content (AvgIpc) is 2.35. The van der Waals surface area contributed by atoms with Crippen molar-refractivity contribution in [2.75, 3.05) is 25.2 Å². The third kappa shape index (κ3) is 7.48. The lowest BCUT2D eigenvalue weighted by Crippen LogP contribution is -2.19. The monoisotopic (exact) mass is 313 g/mol. The smallest absolute Gasteiger partial charge is 0.147 e. The first-order chi connectivity index (χ1) is 9.79. The Hall–Kier alpha value is -1.07. The largest absolute Gasteiger partial charge is 0.493 e. The first kappa shape index (κ1) is 18.0. The Labute approximate surface area is 128 Å². The minimum absolute atomic E-state index is 0.166. The number of nitrogens with one attached hydrogen (secondary N) is 1. The van der Waals surface area contributed by atoms with E-state index in [0.29, 0.717) is 18.9 Å². The summed E-state index contributed by atoms with van der Waals surface area (Å²) in [6.07, 6.45) is 1.77. The summed E-state index contributed by atoms with van der Waals surface area (Å²) >= 11 is 0. The van der Waals surface area contributed by atoms with Crippen molar-refractivity contribution in [3.63, 3.8) is 0 Å². The maximum absolute atomic E-state index is 11.1. The van der Waals surface area contributed by atoms with Crippen LogP contribution in [0.15, 0.2) is 18.2 Å². The van der Waals surface area contributed by atoms with Crippen LogP contribution in [0.1, 0.15) is 31.4 Å². The molecule has 120 valence electrons. The molecule has 4 nitrogen and oxygen atoms in total. The van der Waals surface area contributed by atoms with Gasteiger partial charge in [-0.1, -0.05) is 32.0 Å².